The van der Waals surface area contributed by atoms with Crippen LogP contribution in [-0.2, 0) is 12.8 Å². The summed E-state index contributed by atoms with van der Waals surface area (Å²) in [5.74, 6) is 0.457. The Bertz CT molecular complexity index is 623. The molecular weight excluding hydrogens is 304 g/mol. The van der Waals surface area contributed by atoms with Crippen LogP contribution in [0.15, 0.2) is 41.0 Å². The Morgan fingerprint density at radius 1 is 1.16 bits per heavy atom. The number of aromatic nitrogens is 1. The van der Waals surface area contributed by atoms with Gasteiger partial charge in [0.1, 0.15) is 5.82 Å². The van der Waals surface area contributed by atoms with Crippen molar-refractivity contribution in [3.8, 4) is 0 Å². The van der Waals surface area contributed by atoms with Crippen LogP contribution in [0.2, 0.25) is 0 Å². The number of rotatable bonds is 2. The molecule has 0 aliphatic heterocycles. The maximum absolute atomic E-state index is 12.1. The normalized spacial score (nSPS) is 13.1. The molecule has 3 nitrogen and oxygen atoms in total. The Morgan fingerprint density at radius 2 is 2.00 bits per heavy atom. The minimum Gasteiger partial charge on any atom is -0.307 e. The van der Waals surface area contributed by atoms with E-state index >= 15 is 0 Å². The van der Waals surface area contributed by atoms with Crippen molar-refractivity contribution in [2.75, 3.05) is 5.32 Å². The Morgan fingerprint density at radius 3 is 2.79 bits per heavy atom. The van der Waals surface area contributed by atoms with E-state index in [1.54, 1.807) is 12.3 Å². The van der Waals surface area contributed by atoms with E-state index in [4.69, 9.17) is 0 Å². The van der Waals surface area contributed by atoms with Crippen LogP contribution in [0.4, 0.5) is 5.82 Å². The third-order valence-corrected chi connectivity index (χ3v) is 3.80. The number of amides is 1. The summed E-state index contributed by atoms with van der Waals surface area (Å²) in [6.07, 6.45) is 5.06. The number of hydrogen-bond acceptors (Lipinski definition) is 2. The van der Waals surface area contributed by atoms with Crippen molar-refractivity contribution in [3.05, 3.63) is 57.7 Å². The average molecular weight is 317 g/mol. The summed E-state index contributed by atoms with van der Waals surface area (Å²) >= 11 is 3.32. The highest BCUT2D eigenvalue weighted by molar-refractivity contribution is 9.10. The fourth-order valence-corrected chi connectivity index (χ4v) is 2.59. The van der Waals surface area contributed by atoms with Gasteiger partial charge >= 0.3 is 0 Å². The first-order valence-corrected chi connectivity index (χ1v) is 7.06. The zero-order valence-corrected chi connectivity index (χ0v) is 11.9. The number of aryl methyl sites for hydroxylation is 2. The summed E-state index contributed by atoms with van der Waals surface area (Å²) < 4.78 is 0.892. The fourth-order valence-electron chi connectivity index (χ4n) is 2.35. The number of nitrogens with one attached hydrogen (secondary N) is 1. The number of nitrogens with zero attached hydrogens (tertiary/aromatic N) is 1. The van der Waals surface area contributed by atoms with Gasteiger partial charge in [0.05, 0.1) is 0 Å². The van der Waals surface area contributed by atoms with Gasteiger partial charge in [-0.3, -0.25) is 4.79 Å². The molecule has 0 spiro atoms. The number of carbonyl (C=O) groups is 1. The number of anilines is 1. The van der Waals surface area contributed by atoms with Gasteiger partial charge in [0.25, 0.3) is 5.91 Å². The van der Waals surface area contributed by atoms with Crippen LogP contribution in [0, 0.1) is 0 Å². The molecule has 0 fully saturated rings. The second kappa shape index (κ2) is 5.13. The molecule has 0 unspecified atom stereocenters. The minimum atomic E-state index is -0.107. The lowest BCUT2D eigenvalue weighted by Gasteiger charge is -2.06. The van der Waals surface area contributed by atoms with Crippen LogP contribution in [0.1, 0.15) is 27.9 Å². The summed E-state index contributed by atoms with van der Waals surface area (Å²) in [5.41, 5.74) is 3.38. The molecule has 0 saturated heterocycles. The second-order valence-electron chi connectivity index (χ2n) is 4.65. The predicted molar refractivity (Wildman–Crippen MR) is 78.4 cm³/mol. The molecule has 2 aromatic rings. The summed E-state index contributed by atoms with van der Waals surface area (Å²) in [7, 11) is 0. The molecule has 1 aromatic heterocycles. The third-order valence-electron chi connectivity index (χ3n) is 3.33. The number of hydrogen-bond donors (Lipinski definition) is 1. The largest absolute Gasteiger partial charge is 0.307 e. The van der Waals surface area contributed by atoms with Crippen molar-refractivity contribution < 1.29 is 4.79 Å². The van der Waals surface area contributed by atoms with Crippen LogP contribution in [0.25, 0.3) is 0 Å². The molecule has 0 radical (unpaired) electrons. The van der Waals surface area contributed by atoms with E-state index < -0.39 is 0 Å². The smallest absolute Gasteiger partial charge is 0.256 e. The van der Waals surface area contributed by atoms with Crippen molar-refractivity contribution in [3.63, 3.8) is 0 Å². The lowest BCUT2D eigenvalue weighted by molar-refractivity contribution is 0.102. The first-order valence-electron chi connectivity index (χ1n) is 6.27. The van der Waals surface area contributed by atoms with Gasteiger partial charge < -0.3 is 5.32 Å². The molecule has 1 heterocycles. The van der Waals surface area contributed by atoms with E-state index in [0.29, 0.717) is 11.4 Å². The number of pyridine rings is 1. The highest BCUT2D eigenvalue weighted by Gasteiger charge is 2.14. The van der Waals surface area contributed by atoms with Gasteiger partial charge in [-0.05, 0) is 70.6 Å². The molecule has 0 atom stereocenters. The molecule has 1 aromatic carbocycles. The van der Waals surface area contributed by atoms with Crippen molar-refractivity contribution >= 4 is 27.7 Å². The van der Waals surface area contributed by atoms with Crippen molar-refractivity contribution in [2.24, 2.45) is 0 Å². The van der Waals surface area contributed by atoms with Gasteiger partial charge in [-0.15, -0.1) is 0 Å². The van der Waals surface area contributed by atoms with Crippen molar-refractivity contribution in [1.82, 2.24) is 4.98 Å². The molecule has 0 saturated carbocycles. The Kier molecular flexibility index (Phi) is 3.34. The highest BCUT2D eigenvalue weighted by Crippen LogP contribution is 2.23. The standard InChI is InChI=1S/C15H13BrN2O/c16-13-6-7-14(17-9-13)18-15(19)12-5-4-10-2-1-3-11(10)8-12/h4-9H,1-3H2,(H,17,18,19). The van der Waals surface area contributed by atoms with Gasteiger partial charge in [-0.25, -0.2) is 4.98 Å². The monoisotopic (exact) mass is 316 g/mol. The Hall–Kier alpha value is -1.68. The van der Waals surface area contributed by atoms with Gasteiger partial charge in [-0.1, -0.05) is 6.07 Å². The third kappa shape index (κ3) is 2.68. The van der Waals surface area contributed by atoms with Crippen LogP contribution in [0.5, 0.6) is 0 Å². The number of fused-ring (bicyclic) bond motifs is 1. The number of benzene rings is 1. The van der Waals surface area contributed by atoms with E-state index in [2.05, 4.69) is 32.3 Å². The number of halogens is 1. The first-order chi connectivity index (χ1) is 9.22. The topological polar surface area (TPSA) is 42.0 Å². The Balaban J connectivity index is 1.78. The highest BCUT2D eigenvalue weighted by atomic mass is 79.9. The first kappa shape index (κ1) is 12.4. The fraction of sp³-hybridized carbons (Fsp3) is 0.200. The quantitative estimate of drug-likeness (QED) is 0.920. The molecule has 96 valence electrons. The maximum atomic E-state index is 12.1. The molecule has 0 bridgehead atoms. The summed E-state index contributed by atoms with van der Waals surface area (Å²) in [6, 6.07) is 9.57. The molecule has 1 aliphatic rings. The number of carbonyl (C=O) groups excluding carboxylic acids is 1. The maximum Gasteiger partial charge on any atom is 0.256 e. The molecule has 19 heavy (non-hydrogen) atoms. The molecule has 4 heteroatoms. The zero-order valence-electron chi connectivity index (χ0n) is 10.3. The second-order valence-corrected chi connectivity index (χ2v) is 5.57. The predicted octanol–water partition coefficient (Wildman–Crippen LogP) is 3.59. The van der Waals surface area contributed by atoms with Crippen LogP contribution >= 0.6 is 15.9 Å². The van der Waals surface area contributed by atoms with Gasteiger partial charge in [0.2, 0.25) is 0 Å². The molecular formula is C15H13BrN2O. The lowest BCUT2D eigenvalue weighted by Crippen LogP contribution is -2.13. The lowest BCUT2D eigenvalue weighted by atomic mass is 10.1. The van der Waals surface area contributed by atoms with E-state index in [1.807, 2.05) is 18.2 Å². The van der Waals surface area contributed by atoms with Gasteiger partial charge in [-0.2, -0.15) is 0 Å². The minimum absolute atomic E-state index is 0.107. The van der Waals surface area contributed by atoms with Crippen LogP contribution in [0.3, 0.4) is 0 Å². The average Bonchev–Trinajstić information content (AvgIpc) is 2.88. The Labute approximate surface area is 120 Å². The SMILES string of the molecule is O=C(Nc1ccc(Br)cn1)c1ccc2c(c1)CCC2. The molecule has 1 aliphatic carbocycles. The van der Waals surface area contributed by atoms with E-state index in [0.717, 1.165) is 17.3 Å². The zero-order chi connectivity index (χ0) is 13.2. The summed E-state index contributed by atoms with van der Waals surface area (Å²) in [5, 5.41) is 2.81. The molecule has 1 amide bonds. The van der Waals surface area contributed by atoms with Crippen molar-refractivity contribution in [2.45, 2.75) is 19.3 Å². The molecule has 3 rings (SSSR count). The summed E-state index contributed by atoms with van der Waals surface area (Å²) in [6.45, 7) is 0. The summed E-state index contributed by atoms with van der Waals surface area (Å²) in [4.78, 5) is 16.3. The van der Waals surface area contributed by atoms with Crippen LogP contribution in [-0.4, -0.2) is 10.9 Å². The van der Waals surface area contributed by atoms with Gasteiger partial charge in [0.15, 0.2) is 0 Å². The van der Waals surface area contributed by atoms with Crippen molar-refractivity contribution in [1.29, 1.82) is 0 Å². The van der Waals surface area contributed by atoms with E-state index in [-0.39, 0.29) is 5.91 Å². The van der Waals surface area contributed by atoms with Crippen LogP contribution < -0.4 is 5.32 Å². The van der Waals surface area contributed by atoms with E-state index in [1.165, 1.54) is 17.5 Å². The van der Waals surface area contributed by atoms with E-state index in [9.17, 15) is 4.79 Å². The van der Waals surface area contributed by atoms with Gasteiger partial charge in [0, 0.05) is 16.2 Å². The molecule has 1 N–H and O–H groups in total.